The van der Waals surface area contributed by atoms with Gasteiger partial charge in [-0.3, -0.25) is 0 Å². The summed E-state index contributed by atoms with van der Waals surface area (Å²) in [7, 11) is -3.09. The molecule has 2 atom stereocenters. The second-order valence-electron chi connectivity index (χ2n) is 7.12. The molecular weight excluding hydrogens is 392 g/mol. The molecule has 1 fully saturated rings. The molecule has 2 unspecified atom stereocenters. The highest BCUT2D eigenvalue weighted by Gasteiger charge is 2.24. The molecule has 1 aliphatic heterocycles. The zero-order valence-corrected chi connectivity index (χ0v) is 17.6. The number of imidazole rings is 1. The van der Waals surface area contributed by atoms with Gasteiger partial charge in [-0.15, -0.1) is 5.10 Å². The molecule has 1 saturated heterocycles. The van der Waals surface area contributed by atoms with Crippen LogP contribution in [0.2, 0.25) is 5.15 Å². The molecule has 9 nitrogen and oxygen atoms in total. The van der Waals surface area contributed by atoms with Gasteiger partial charge in [-0.2, -0.15) is 4.31 Å². The first-order valence-corrected chi connectivity index (χ1v) is 11.0. The fourth-order valence-electron chi connectivity index (χ4n) is 2.70. The van der Waals surface area contributed by atoms with Crippen molar-refractivity contribution < 1.29 is 13.5 Å². The number of hydrogen-bond donors (Lipinski definition) is 2. The van der Waals surface area contributed by atoms with Gasteiger partial charge in [0, 0.05) is 19.0 Å². The standard InChI is InChI=1S/C10H14ClN5.C6H13NO3S/c1-5(2)6(3)9-14-8(11)7-4-13-10(12)15-16(7)9;1-11(9,10)7-4-2-3-6(8)5-7/h4-6H,1-3H3,(H2,12,15);6,8H,2-5H2,1H3. The van der Waals surface area contributed by atoms with Crippen LogP contribution >= 0.6 is 11.6 Å². The van der Waals surface area contributed by atoms with E-state index >= 15 is 0 Å². The Morgan fingerprint density at radius 2 is 2.04 bits per heavy atom. The Balaban J connectivity index is 0.000000208. The van der Waals surface area contributed by atoms with Crippen LogP contribution in [0, 0.1) is 5.92 Å². The van der Waals surface area contributed by atoms with Crippen molar-refractivity contribution in [1.29, 1.82) is 0 Å². The minimum absolute atomic E-state index is 0.221. The minimum atomic E-state index is -3.09. The number of nitrogen functional groups attached to an aromatic ring is 1. The number of halogens is 1. The van der Waals surface area contributed by atoms with Gasteiger partial charge in [0.15, 0.2) is 5.15 Å². The van der Waals surface area contributed by atoms with Crippen LogP contribution in [0.1, 0.15) is 45.4 Å². The zero-order chi connectivity index (χ0) is 20.4. The topological polar surface area (TPSA) is 127 Å². The number of nitrogens with two attached hydrogens (primary N) is 1. The number of anilines is 1. The number of fused-ring (bicyclic) bond motifs is 1. The summed E-state index contributed by atoms with van der Waals surface area (Å²) in [5.74, 6) is 1.76. The third kappa shape index (κ3) is 5.50. The number of nitrogens with zero attached hydrogens (tertiary/aromatic N) is 5. The quantitative estimate of drug-likeness (QED) is 0.773. The maximum absolute atomic E-state index is 10.9. The van der Waals surface area contributed by atoms with Crippen LogP contribution in [0.25, 0.3) is 5.52 Å². The second kappa shape index (κ2) is 8.68. The van der Waals surface area contributed by atoms with Crippen LogP contribution in [0.4, 0.5) is 5.95 Å². The monoisotopic (exact) mass is 418 g/mol. The second-order valence-corrected chi connectivity index (χ2v) is 9.46. The number of β-amino-alcohol motifs (C(OH)–C–C–N with tert-alkyl or cyclic N) is 1. The minimum Gasteiger partial charge on any atom is -0.392 e. The Morgan fingerprint density at radius 3 is 2.56 bits per heavy atom. The predicted molar refractivity (Wildman–Crippen MR) is 105 cm³/mol. The van der Waals surface area contributed by atoms with Crippen molar-refractivity contribution in [2.75, 3.05) is 25.1 Å². The molecule has 3 heterocycles. The Kier molecular flexibility index (Phi) is 7.01. The number of aliphatic hydroxyl groups excluding tert-OH is 1. The molecule has 27 heavy (non-hydrogen) atoms. The lowest BCUT2D eigenvalue weighted by Crippen LogP contribution is -2.41. The Labute approximate surface area is 164 Å². The van der Waals surface area contributed by atoms with E-state index in [9.17, 15) is 8.42 Å². The molecule has 0 aliphatic carbocycles. The maximum Gasteiger partial charge on any atom is 0.238 e. The van der Waals surface area contributed by atoms with Crippen molar-refractivity contribution >= 4 is 33.1 Å². The first-order valence-electron chi connectivity index (χ1n) is 8.80. The molecule has 11 heteroatoms. The Morgan fingerprint density at radius 1 is 1.37 bits per heavy atom. The van der Waals surface area contributed by atoms with Crippen LogP contribution in [0.15, 0.2) is 6.20 Å². The molecule has 0 amide bonds. The first-order chi connectivity index (χ1) is 12.5. The van der Waals surface area contributed by atoms with Crippen LogP contribution in [-0.4, -0.2) is 62.9 Å². The zero-order valence-electron chi connectivity index (χ0n) is 16.0. The molecule has 0 aromatic carbocycles. The Hall–Kier alpha value is -1.49. The normalized spacial score (nSPS) is 19.7. The molecule has 152 valence electrons. The van der Waals surface area contributed by atoms with Gasteiger partial charge in [-0.1, -0.05) is 32.4 Å². The first kappa shape index (κ1) is 21.8. The average molecular weight is 419 g/mol. The maximum atomic E-state index is 10.9. The lowest BCUT2D eigenvalue weighted by molar-refractivity contribution is 0.108. The lowest BCUT2D eigenvalue weighted by Gasteiger charge is -2.27. The summed E-state index contributed by atoms with van der Waals surface area (Å²) in [6.45, 7) is 7.16. The summed E-state index contributed by atoms with van der Waals surface area (Å²) in [6, 6.07) is 0. The number of aromatic nitrogens is 4. The fraction of sp³-hybridized carbons (Fsp3) is 0.688. The molecule has 2 aromatic rings. The van der Waals surface area contributed by atoms with Gasteiger partial charge in [0.2, 0.25) is 16.0 Å². The van der Waals surface area contributed by atoms with Crippen molar-refractivity contribution in [2.24, 2.45) is 5.92 Å². The predicted octanol–water partition coefficient (Wildman–Crippen LogP) is 1.52. The molecule has 3 rings (SSSR count). The van der Waals surface area contributed by atoms with Crippen molar-refractivity contribution in [3.05, 3.63) is 17.2 Å². The highest BCUT2D eigenvalue weighted by molar-refractivity contribution is 7.88. The van der Waals surface area contributed by atoms with E-state index in [1.165, 1.54) is 10.6 Å². The number of piperidine rings is 1. The summed E-state index contributed by atoms with van der Waals surface area (Å²) in [5.41, 5.74) is 6.26. The van der Waals surface area contributed by atoms with Crippen molar-refractivity contribution in [3.8, 4) is 0 Å². The molecule has 0 radical (unpaired) electrons. The summed E-state index contributed by atoms with van der Waals surface area (Å²) < 4.78 is 24.9. The summed E-state index contributed by atoms with van der Waals surface area (Å²) in [4.78, 5) is 8.23. The fourth-order valence-corrected chi connectivity index (χ4v) is 3.82. The SMILES string of the molecule is CC(C)C(C)c1nc(Cl)c2cnc(N)nn12.CS(=O)(=O)N1CCCC(O)C1. The van der Waals surface area contributed by atoms with Crippen LogP contribution in [0.3, 0.4) is 0 Å². The van der Waals surface area contributed by atoms with Gasteiger partial charge in [0.1, 0.15) is 11.3 Å². The van der Waals surface area contributed by atoms with Crippen LogP contribution in [-0.2, 0) is 10.0 Å². The third-order valence-corrected chi connectivity index (χ3v) is 6.17. The van der Waals surface area contributed by atoms with Crippen molar-refractivity contribution in [2.45, 2.75) is 45.6 Å². The Bertz CT molecular complexity index is 886. The molecule has 0 spiro atoms. The number of aliphatic hydroxyl groups is 1. The van der Waals surface area contributed by atoms with E-state index in [-0.39, 0.29) is 18.4 Å². The van der Waals surface area contributed by atoms with Gasteiger partial charge in [0.25, 0.3) is 0 Å². The molecule has 1 aliphatic rings. The summed E-state index contributed by atoms with van der Waals surface area (Å²) in [5, 5.41) is 13.7. The molecule has 0 saturated carbocycles. The van der Waals surface area contributed by atoms with E-state index in [1.54, 1.807) is 10.7 Å². The van der Waals surface area contributed by atoms with E-state index in [0.717, 1.165) is 12.2 Å². The van der Waals surface area contributed by atoms with Crippen molar-refractivity contribution in [3.63, 3.8) is 0 Å². The van der Waals surface area contributed by atoms with Gasteiger partial charge in [-0.05, 0) is 18.8 Å². The molecule has 0 bridgehead atoms. The van der Waals surface area contributed by atoms with E-state index in [2.05, 4.69) is 35.8 Å². The van der Waals surface area contributed by atoms with Gasteiger partial charge >= 0.3 is 0 Å². The molecule has 2 aromatic heterocycles. The number of sulfonamides is 1. The van der Waals surface area contributed by atoms with Crippen molar-refractivity contribution in [1.82, 2.24) is 23.9 Å². The molecule has 3 N–H and O–H groups in total. The lowest BCUT2D eigenvalue weighted by atomic mass is 9.98. The average Bonchev–Trinajstić information content (AvgIpc) is 2.90. The van der Waals surface area contributed by atoms with E-state index < -0.39 is 16.1 Å². The number of hydrogen-bond acceptors (Lipinski definition) is 7. The largest absolute Gasteiger partial charge is 0.392 e. The number of rotatable bonds is 3. The summed E-state index contributed by atoms with van der Waals surface area (Å²) >= 11 is 6.03. The van der Waals surface area contributed by atoms with Crippen LogP contribution < -0.4 is 5.73 Å². The van der Waals surface area contributed by atoms with E-state index in [0.29, 0.717) is 29.6 Å². The van der Waals surface area contributed by atoms with E-state index in [1.807, 2.05) is 0 Å². The van der Waals surface area contributed by atoms with Gasteiger partial charge in [-0.25, -0.2) is 22.9 Å². The third-order valence-electron chi connectivity index (χ3n) is 4.63. The van der Waals surface area contributed by atoms with Gasteiger partial charge < -0.3 is 10.8 Å². The highest BCUT2D eigenvalue weighted by Crippen LogP contribution is 2.26. The van der Waals surface area contributed by atoms with E-state index in [4.69, 9.17) is 22.4 Å². The molecular formula is C16H27ClN6O3S. The summed E-state index contributed by atoms with van der Waals surface area (Å²) in [6.07, 6.45) is 3.76. The van der Waals surface area contributed by atoms with Gasteiger partial charge in [0.05, 0.1) is 18.6 Å². The van der Waals surface area contributed by atoms with Crippen LogP contribution in [0.5, 0.6) is 0 Å². The highest BCUT2D eigenvalue weighted by atomic mass is 35.5. The smallest absolute Gasteiger partial charge is 0.238 e.